The van der Waals surface area contributed by atoms with Crippen LogP contribution < -0.4 is 9.62 Å². The Kier molecular flexibility index (Phi) is 10.7. The summed E-state index contributed by atoms with van der Waals surface area (Å²) in [5.41, 5.74) is 3.32. The molecule has 0 aliphatic carbocycles. The number of halogens is 1. The van der Waals surface area contributed by atoms with Crippen molar-refractivity contribution < 1.29 is 18.0 Å². The molecule has 236 valence electrons. The van der Waals surface area contributed by atoms with Crippen LogP contribution in [0, 0.1) is 13.8 Å². The SMILES string of the molecule is Cc1ccc(S(=O)(=O)N(CC(=O)N(Cc2cccc(C)c2)[C@@H](Cc2ccccc2)C(=O)NC(C)(C)C)c2ccc(Cl)cc2)cc1. The van der Waals surface area contributed by atoms with Crippen LogP contribution in [0.1, 0.15) is 43.0 Å². The van der Waals surface area contributed by atoms with Gasteiger partial charge in [0, 0.05) is 23.5 Å². The van der Waals surface area contributed by atoms with Crippen molar-refractivity contribution in [2.75, 3.05) is 10.8 Å². The van der Waals surface area contributed by atoms with Crippen LogP contribution in [0.2, 0.25) is 5.02 Å². The molecule has 0 aliphatic rings. The number of anilines is 1. The van der Waals surface area contributed by atoms with Crippen molar-refractivity contribution in [3.63, 3.8) is 0 Å². The maximum Gasteiger partial charge on any atom is 0.264 e. The molecule has 4 aromatic carbocycles. The van der Waals surface area contributed by atoms with E-state index in [2.05, 4.69) is 5.32 Å². The highest BCUT2D eigenvalue weighted by molar-refractivity contribution is 7.92. The highest BCUT2D eigenvalue weighted by Crippen LogP contribution is 2.27. The quantitative estimate of drug-likeness (QED) is 0.197. The summed E-state index contributed by atoms with van der Waals surface area (Å²) < 4.78 is 29.3. The van der Waals surface area contributed by atoms with E-state index < -0.39 is 34.1 Å². The lowest BCUT2D eigenvalue weighted by atomic mass is 10.0. The molecule has 0 spiro atoms. The minimum Gasteiger partial charge on any atom is -0.350 e. The number of amides is 2. The fraction of sp³-hybridized carbons (Fsp3) is 0.278. The Morgan fingerprint density at radius 2 is 1.42 bits per heavy atom. The number of benzene rings is 4. The van der Waals surface area contributed by atoms with Crippen LogP contribution in [0.3, 0.4) is 0 Å². The van der Waals surface area contributed by atoms with Gasteiger partial charge < -0.3 is 10.2 Å². The Morgan fingerprint density at radius 1 is 0.800 bits per heavy atom. The third kappa shape index (κ3) is 9.19. The lowest BCUT2D eigenvalue weighted by molar-refractivity contribution is -0.140. The van der Waals surface area contributed by atoms with Gasteiger partial charge in [-0.15, -0.1) is 0 Å². The van der Waals surface area contributed by atoms with Gasteiger partial charge in [0.15, 0.2) is 0 Å². The molecule has 0 saturated carbocycles. The standard InChI is InChI=1S/C36H40ClN3O4S/c1-26-14-20-32(21-15-26)45(43,44)40(31-18-16-30(37)17-19-31)25-34(41)39(24-29-13-9-10-27(2)22-29)33(35(42)38-36(3,4)5)23-28-11-7-6-8-12-28/h6-22,33H,23-25H2,1-5H3,(H,38,42)/t33-/m0/s1. The van der Waals surface area contributed by atoms with Crippen LogP contribution in [-0.2, 0) is 32.6 Å². The summed E-state index contributed by atoms with van der Waals surface area (Å²) in [4.78, 5) is 30.0. The monoisotopic (exact) mass is 645 g/mol. The first-order chi connectivity index (χ1) is 21.2. The molecular weight excluding hydrogens is 606 g/mol. The van der Waals surface area contributed by atoms with Crippen LogP contribution in [0.25, 0.3) is 0 Å². The van der Waals surface area contributed by atoms with E-state index >= 15 is 0 Å². The minimum atomic E-state index is -4.18. The number of nitrogens with one attached hydrogen (secondary N) is 1. The number of carbonyl (C=O) groups excluding carboxylic acids is 2. The third-order valence-corrected chi connectivity index (χ3v) is 9.25. The molecule has 4 rings (SSSR count). The van der Waals surface area contributed by atoms with Gasteiger partial charge in [0.25, 0.3) is 10.0 Å². The molecule has 1 N–H and O–H groups in total. The predicted octanol–water partition coefficient (Wildman–Crippen LogP) is 6.71. The molecule has 0 aromatic heterocycles. The van der Waals surface area contributed by atoms with Crippen molar-refractivity contribution >= 4 is 39.1 Å². The zero-order chi connectivity index (χ0) is 32.8. The van der Waals surface area contributed by atoms with Crippen molar-refractivity contribution in [3.05, 3.63) is 130 Å². The van der Waals surface area contributed by atoms with E-state index in [4.69, 9.17) is 11.6 Å². The second-order valence-electron chi connectivity index (χ2n) is 12.3. The number of hydrogen-bond acceptors (Lipinski definition) is 4. The number of rotatable bonds is 11. The normalized spacial score (nSPS) is 12.3. The first-order valence-corrected chi connectivity index (χ1v) is 16.6. The first kappa shape index (κ1) is 33.7. The van der Waals surface area contributed by atoms with Crippen LogP contribution in [-0.4, -0.2) is 43.3 Å². The van der Waals surface area contributed by atoms with E-state index in [-0.39, 0.29) is 29.5 Å². The van der Waals surface area contributed by atoms with Crippen LogP contribution in [0.15, 0.2) is 108 Å². The molecule has 0 aliphatic heterocycles. The Labute approximate surface area is 271 Å². The summed E-state index contributed by atoms with van der Waals surface area (Å²) in [6, 6.07) is 29.1. The summed E-state index contributed by atoms with van der Waals surface area (Å²) in [5.74, 6) is -0.848. The fourth-order valence-corrected chi connectivity index (χ4v) is 6.53. The van der Waals surface area contributed by atoms with E-state index in [0.717, 1.165) is 26.6 Å². The maximum absolute atomic E-state index is 14.5. The highest BCUT2D eigenvalue weighted by Gasteiger charge is 2.35. The van der Waals surface area contributed by atoms with Crippen molar-refractivity contribution in [3.8, 4) is 0 Å². The van der Waals surface area contributed by atoms with Gasteiger partial charge in [0.05, 0.1) is 10.6 Å². The lowest BCUT2D eigenvalue weighted by Gasteiger charge is -2.35. The topological polar surface area (TPSA) is 86.8 Å². The molecule has 0 saturated heterocycles. The summed E-state index contributed by atoms with van der Waals surface area (Å²) in [6.45, 7) is 9.05. The highest BCUT2D eigenvalue weighted by atomic mass is 35.5. The van der Waals surface area contributed by atoms with Crippen LogP contribution in [0.5, 0.6) is 0 Å². The smallest absolute Gasteiger partial charge is 0.264 e. The maximum atomic E-state index is 14.5. The summed E-state index contributed by atoms with van der Waals surface area (Å²) >= 11 is 6.14. The van der Waals surface area contributed by atoms with Crippen molar-refractivity contribution in [2.24, 2.45) is 0 Å². The third-order valence-electron chi connectivity index (χ3n) is 7.21. The Morgan fingerprint density at radius 3 is 2.02 bits per heavy atom. The zero-order valence-electron chi connectivity index (χ0n) is 26.3. The molecule has 0 bridgehead atoms. The van der Waals surface area contributed by atoms with Gasteiger partial charge in [-0.1, -0.05) is 89.5 Å². The average Bonchev–Trinajstić information content (AvgIpc) is 2.98. The van der Waals surface area contributed by atoms with E-state index in [1.165, 1.54) is 17.0 Å². The van der Waals surface area contributed by atoms with E-state index in [1.54, 1.807) is 36.4 Å². The molecule has 4 aromatic rings. The van der Waals surface area contributed by atoms with Gasteiger partial charge in [0.2, 0.25) is 11.8 Å². The minimum absolute atomic E-state index is 0.0485. The van der Waals surface area contributed by atoms with Crippen molar-refractivity contribution in [1.82, 2.24) is 10.2 Å². The molecule has 0 radical (unpaired) electrons. The second kappa shape index (κ2) is 14.3. The number of aryl methyl sites for hydroxylation is 2. The Hall–Kier alpha value is -4.14. The van der Waals surface area contributed by atoms with Crippen molar-refractivity contribution in [2.45, 2.75) is 64.1 Å². The molecule has 45 heavy (non-hydrogen) atoms. The molecular formula is C36H40ClN3O4S. The summed E-state index contributed by atoms with van der Waals surface area (Å²) in [6.07, 6.45) is 0.242. The number of carbonyl (C=O) groups is 2. The lowest BCUT2D eigenvalue weighted by Crippen LogP contribution is -2.56. The fourth-order valence-electron chi connectivity index (χ4n) is 4.99. The van der Waals surface area contributed by atoms with Gasteiger partial charge >= 0.3 is 0 Å². The van der Waals surface area contributed by atoms with E-state index in [0.29, 0.717) is 5.02 Å². The summed E-state index contributed by atoms with van der Waals surface area (Å²) in [5, 5.41) is 3.48. The van der Waals surface area contributed by atoms with Gasteiger partial charge in [-0.3, -0.25) is 13.9 Å². The Balaban J connectivity index is 1.81. The largest absolute Gasteiger partial charge is 0.350 e. The molecule has 2 amide bonds. The van der Waals surface area contributed by atoms with Crippen molar-refractivity contribution in [1.29, 1.82) is 0 Å². The Bertz CT molecular complexity index is 1720. The van der Waals surface area contributed by atoms with Gasteiger partial charge in [0.1, 0.15) is 12.6 Å². The zero-order valence-corrected chi connectivity index (χ0v) is 27.9. The van der Waals surface area contributed by atoms with Gasteiger partial charge in [-0.25, -0.2) is 8.42 Å². The number of sulfonamides is 1. The molecule has 0 unspecified atom stereocenters. The molecule has 9 heteroatoms. The predicted molar refractivity (Wildman–Crippen MR) is 181 cm³/mol. The molecule has 0 heterocycles. The second-order valence-corrected chi connectivity index (χ2v) is 14.6. The van der Waals surface area contributed by atoms with Gasteiger partial charge in [-0.05, 0) is 82.1 Å². The van der Waals surface area contributed by atoms with Crippen LogP contribution in [0.4, 0.5) is 5.69 Å². The number of nitrogens with zero attached hydrogens (tertiary/aromatic N) is 2. The average molecular weight is 646 g/mol. The van der Waals surface area contributed by atoms with E-state index in [1.807, 2.05) is 89.2 Å². The molecule has 0 fully saturated rings. The van der Waals surface area contributed by atoms with Gasteiger partial charge in [-0.2, -0.15) is 0 Å². The molecule has 1 atom stereocenters. The summed E-state index contributed by atoms with van der Waals surface area (Å²) in [7, 11) is -4.18. The van der Waals surface area contributed by atoms with Crippen LogP contribution >= 0.6 is 11.6 Å². The number of hydrogen-bond donors (Lipinski definition) is 1. The molecule has 7 nitrogen and oxygen atoms in total. The van der Waals surface area contributed by atoms with E-state index in [9.17, 15) is 18.0 Å². The first-order valence-electron chi connectivity index (χ1n) is 14.8.